The summed E-state index contributed by atoms with van der Waals surface area (Å²) in [4.78, 5) is 13.9. The van der Waals surface area contributed by atoms with E-state index >= 15 is 0 Å². The summed E-state index contributed by atoms with van der Waals surface area (Å²) in [6.07, 6.45) is 1.08. The van der Waals surface area contributed by atoms with Gasteiger partial charge in [-0.05, 0) is 24.5 Å². The summed E-state index contributed by atoms with van der Waals surface area (Å²) in [6.45, 7) is 4.33. The number of hydrogen-bond donors (Lipinski definition) is 1. The molecule has 1 aliphatic heterocycles. The molecule has 1 atom stereocenters. The number of para-hydroxylation sites is 1. The molecule has 2 rings (SSSR count). The fourth-order valence-electron chi connectivity index (χ4n) is 2.07. The number of carbonyl (C=O) groups is 1. The van der Waals surface area contributed by atoms with Crippen LogP contribution in [0, 0.1) is 5.92 Å². The van der Waals surface area contributed by atoms with E-state index in [0.29, 0.717) is 5.92 Å². The number of anilines is 1. The Hall–Kier alpha value is -1.51. The van der Waals surface area contributed by atoms with Crippen molar-refractivity contribution in [3.8, 4) is 0 Å². The minimum Gasteiger partial charge on any atom is -0.364 e. The maximum absolute atomic E-state index is 12.1. The molecule has 1 heterocycles. The lowest BCUT2D eigenvalue weighted by atomic mass is 10.0. The smallest absolute Gasteiger partial charge is 0.257 e. The highest BCUT2D eigenvalue weighted by atomic mass is 16.2. The quantitative estimate of drug-likeness (QED) is 0.827. The highest BCUT2D eigenvalue weighted by Crippen LogP contribution is 2.26. The van der Waals surface area contributed by atoms with Crippen LogP contribution in [0.2, 0.25) is 0 Å². The van der Waals surface area contributed by atoms with E-state index in [4.69, 9.17) is 0 Å². The lowest BCUT2D eigenvalue weighted by Gasteiger charge is -2.36. The highest BCUT2D eigenvalue weighted by Gasteiger charge is 2.28. The summed E-state index contributed by atoms with van der Waals surface area (Å²) in [5.74, 6) is 0.679. The second kappa shape index (κ2) is 4.16. The summed E-state index contributed by atoms with van der Waals surface area (Å²) < 4.78 is 0. The number of nitrogens with zero attached hydrogens (tertiary/aromatic N) is 1. The van der Waals surface area contributed by atoms with E-state index in [0.717, 1.165) is 17.7 Å². The number of carbonyl (C=O) groups excluding carboxylic acids is 1. The molecule has 1 aliphatic rings. The zero-order valence-corrected chi connectivity index (χ0v) is 10.0. The molecule has 3 nitrogen and oxygen atoms in total. The summed E-state index contributed by atoms with van der Waals surface area (Å²) in [5, 5.41) is 3.41. The van der Waals surface area contributed by atoms with Gasteiger partial charge in [0, 0.05) is 12.7 Å². The van der Waals surface area contributed by atoms with Gasteiger partial charge < -0.3 is 10.2 Å². The molecule has 1 aromatic carbocycles. The minimum atomic E-state index is 0.111. The van der Waals surface area contributed by atoms with E-state index in [-0.39, 0.29) is 12.1 Å². The molecule has 0 aliphatic carbocycles. The van der Waals surface area contributed by atoms with Crippen LogP contribution in [0.25, 0.3) is 0 Å². The van der Waals surface area contributed by atoms with Gasteiger partial charge in [-0.15, -0.1) is 0 Å². The molecule has 1 N–H and O–H groups in total. The third kappa shape index (κ3) is 1.90. The molecule has 0 fully saturated rings. The lowest BCUT2D eigenvalue weighted by Crippen LogP contribution is -2.46. The van der Waals surface area contributed by atoms with E-state index in [1.807, 2.05) is 31.3 Å². The van der Waals surface area contributed by atoms with Gasteiger partial charge in [0.2, 0.25) is 0 Å². The molecule has 0 unspecified atom stereocenters. The number of fused-ring (bicyclic) bond motifs is 1. The fourth-order valence-corrected chi connectivity index (χ4v) is 2.07. The van der Waals surface area contributed by atoms with Crippen LogP contribution in [0.3, 0.4) is 0 Å². The molecule has 1 aromatic rings. The van der Waals surface area contributed by atoms with Crippen LogP contribution in [-0.2, 0) is 0 Å². The van der Waals surface area contributed by atoms with Crippen LogP contribution in [-0.4, -0.2) is 24.0 Å². The van der Waals surface area contributed by atoms with Gasteiger partial charge in [-0.25, -0.2) is 0 Å². The van der Waals surface area contributed by atoms with Gasteiger partial charge >= 0.3 is 0 Å². The second-order valence-electron chi connectivity index (χ2n) is 4.75. The van der Waals surface area contributed by atoms with Gasteiger partial charge in [0.15, 0.2) is 0 Å². The maximum Gasteiger partial charge on any atom is 0.257 e. The first kappa shape index (κ1) is 11.0. The molecular formula is C13H18N2O. The van der Waals surface area contributed by atoms with Crippen LogP contribution in [0.4, 0.5) is 5.69 Å². The number of amides is 1. The van der Waals surface area contributed by atoms with E-state index < -0.39 is 0 Å². The van der Waals surface area contributed by atoms with Crippen molar-refractivity contribution in [3.63, 3.8) is 0 Å². The normalized spacial score (nSPS) is 19.6. The standard InChI is InChI=1S/C13H18N2O/c1-9(2)8-12-14-11-7-5-4-6-10(11)13(16)15(12)3/h4-7,9,12,14H,8H2,1-3H3/t12-/m1/s1. The van der Waals surface area contributed by atoms with Gasteiger partial charge in [0.05, 0.1) is 5.56 Å². The van der Waals surface area contributed by atoms with Crippen molar-refractivity contribution >= 4 is 11.6 Å². The first-order chi connectivity index (χ1) is 7.59. The predicted molar refractivity (Wildman–Crippen MR) is 65.4 cm³/mol. The largest absolute Gasteiger partial charge is 0.364 e. The van der Waals surface area contributed by atoms with Crippen molar-refractivity contribution in [1.82, 2.24) is 4.90 Å². The van der Waals surface area contributed by atoms with Crippen LogP contribution >= 0.6 is 0 Å². The molecule has 3 heteroatoms. The Bertz CT molecular complexity index is 401. The van der Waals surface area contributed by atoms with Crippen LogP contribution in [0.15, 0.2) is 24.3 Å². The Morgan fingerprint density at radius 1 is 1.38 bits per heavy atom. The molecule has 0 spiro atoms. The zero-order chi connectivity index (χ0) is 11.7. The summed E-state index contributed by atoms with van der Waals surface area (Å²) in [5.41, 5.74) is 1.72. The summed E-state index contributed by atoms with van der Waals surface area (Å²) in [7, 11) is 1.86. The molecule has 16 heavy (non-hydrogen) atoms. The Morgan fingerprint density at radius 2 is 2.06 bits per heavy atom. The first-order valence-electron chi connectivity index (χ1n) is 5.72. The van der Waals surface area contributed by atoms with Gasteiger partial charge in [0.1, 0.15) is 6.17 Å². The Balaban J connectivity index is 2.28. The molecular weight excluding hydrogens is 200 g/mol. The zero-order valence-electron chi connectivity index (χ0n) is 10.0. The van der Waals surface area contributed by atoms with E-state index in [9.17, 15) is 4.79 Å². The second-order valence-corrected chi connectivity index (χ2v) is 4.75. The Morgan fingerprint density at radius 3 is 2.75 bits per heavy atom. The molecule has 0 bridgehead atoms. The fraction of sp³-hybridized carbons (Fsp3) is 0.462. The number of benzene rings is 1. The molecule has 0 aromatic heterocycles. The van der Waals surface area contributed by atoms with Crippen molar-refractivity contribution < 1.29 is 4.79 Å². The SMILES string of the molecule is CC(C)C[C@@H]1Nc2ccccc2C(=O)N1C. The van der Waals surface area contributed by atoms with E-state index in [1.54, 1.807) is 4.90 Å². The molecule has 0 radical (unpaired) electrons. The van der Waals surface area contributed by atoms with E-state index in [2.05, 4.69) is 19.2 Å². The minimum absolute atomic E-state index is 0.111. The predicted octanol–water partition coefficient (Wildman–Crippen LogP) is 2.56. The molecule has 86 valence electrons. The summed E-state index contributed by atoms with van der Waals surface area (Å²) >= 11 is 0. The number of hydrogen-bond acceptors (Lipinski definition) is 2. The van der Waals surface area contributed by atoms with Crippen molar-refractivity contribution in [2.24, 2.45) is 5.92 Å². The first-order valence-corrected chi connectivity index (χ1v) is 5.72. The molecule has 1 amide bonds. The van der Waals surface area contributed by atoms with Gasteiger partial charge in [-0.2, -0.15) is 0 Å². The molecule has 0 saturated carbocycles. The highest BCUT2D eigenvalue weighted by molar-refractivity contribution is 6.01. The van der Waals surface area contributed by atoms with Crippen molar-refractivity contribution in [2.45, 2.75) is 26.4 Å². The van der Waals surface area contributed by atoms with Crippen molar-refractivity contribution in [1.29, 1.82) is 0 Å². The lowest BCUT2D eigenvalue weighted by molar-refractivity contribution is 0.0721. The Labute approximate surface area is 96.5 Å². The van der Waals surface area contributed by atoms with Gasteiger partial charge in [-0.1, -0.05) is 26.0 Å². The number of nitrogens with one attached hydrogen (secondary N) is 1. The van der Waals surface area contributed by atoms with Crippen molar-refractivity contribution in [3.05, 3.63) is 29.8 Å². The van der Waals surface area contributed by atoms with Crippen LogP contribution in [0.1, 0.15) is 30.6 Å². The third-order valence-electron chi connectivity index (χ3n) is 2.96. The van der Waals surface area contributed by atoms with E-state index in [1.165, 1.54) is 0 Å². The Kier molecular flexibility index (Phi) is 2.86. The average molecular weight is 218 g/mol. The maximum atomic E-state index is 12.1. The topological polar surface area (TPSA) is 32.3 Å². The van der Waals surface area contributed by atoms with Gasteiger partial charge in [0.25, 0.3) is 5.91 Å². The average Bonchev–Trinajstić information content (AvgIpc) is 2.25. The summed E-state index contributed by atoms with van der Waals surface area (Å²) in [6, 6.07) is 7.69. The third-order valence-corrected chi connectivity index (χ3v) is 2.96. The molecule has 0 saturated heterocycles. The number of rotatable bonds is 2. The monoisotopic (exact) mass is 218 g/mol. The van der Waals surface area contributed by atoms with Crippen LogP contribution < -0.4 is 5.32 Å². The van der Waals surface area contributed by atoms with Gasteiger partial charge in [-0.3, -0.25) is 4.79 Å². The van der Waals surface area contributed by atoms with Crippen LogP contribution in [0.5, 0.6) is 0 Å². The van der Waals surface area contributed by atoms with Crippen molar-refractivity contribution in [2.75, 3.05) is 12.4 Å².